The molecule has 4 nitrogen and oxygen atoms in total. The summed E-state index contributed by atoms with van der Waals surface area (Å²) in [6, 6.07) is 2.77. The van der Waals surface area contributed by atoms with E-state index in [9.17, 15) is 4.39 Å². The second-order valence-corrected chi connectivity index (χ2v) is 3.05. The highest BCUT2D eigenvalue weighted by molar-refractivity contribution is 6.32. The van der Waals surface area contributed by atoms with E-state index in [0.717, 1.165) is 6.20 Å². The molecule has 2 aromatic heterocycles. The predicted octanol–water partition coefficient (Wildman–Crippen LogP) is 1.64. The number of hydrogen-bond donors (Lipinski definition) is 1. The maximum absolute atomic E-state index is 12.7. The average molecular weight is 213 g/mol. The Kier molecular flexibility index (Phi) is 2.09. The topological polar surface area (TPSA) is 56.7 Å². The van der Waals surface area contributed by atoms with Gasteiger partial charge >= 0.3 is 0 Å². The molecule has 0 aliphatic rings. The molecule has 14 heavy (non-hydrogen) atoms. The molecule has 0 fully saturated rings. The van der Waals surface area contributed by atoms with Gasteiger partial charge in [-0.2, -0.15) is 0 Å². The Morgan fingerprint density at radius 1 is 1.50 bits per heavy atom. The molecule has 0 radical (unpaired) electrons. The third kappa shape index (κ3) is 1.54. The largest absolute Gasteiger partial charge is 0.382 e. The molecule has 2 N–H and O–H groups in total. The van der Waals surface area contributed by atoms with Gasteiger partial charge in [0.25, 0.3) is 0 Å². The maximum atomic E-state index is 12.7. The van der Waals surface area contributed by atoms with Gasteiger partial charge in [0.2, 0.25) is 0 Å². The minimum atomic E-state index is -0.487. The zero-order valence-electron chi connectivity index (χ0n) is 6.98. The van der Waals surface area contributed by atoms with E-state index >= 15 is 0 Å². The van der Waals surface area contributed by atoms with Gasteiger partial charge in [-0.3, -0.25) is 0 Å². The fraction of sp³-hybridized carbons (Fsp3) is 0. The van der Waals surface area contributed by atoms with Crippen LogP contribution in [0, 0.1) is 5.82 Å². The van der Waals surface area contributed by atoms with Crippen LogP contribution in [0.5, 0.6) is 0 Å². The Morgan fingerprint density at radius 3 is 2.86 bits per heavy atom. The number of aromatic nitrogens is 3. The molecule has 0 spiro atoms. The SMILES string of the molecule is Nc1ccn(-c2ncc(F)cc2Cl)n1. The molecule has 2 rings (SSSR count). The van der Waals surface area contributed by atoms with Crippen LogP contribution < -0.4 is 5.73 Å². The first-order valence-electron chi connectivity index (χ1n) is 3.79. The smallest absolute Gasteiger partial charge is 0.172 e. The van der Waals surface area contributed by atoms with Crippen LogP contribution >= 0.6 is 11.6 Å². The summed E-state index contributed by atoms with van der Waals surface area (Å²) in [5, 5.41) is 4.08. The molecule has 0 bridgehead atoms. The number of nitrogen functional groups attached to an aromatic ring is 1. The van der Waals surface area contributed by atoms with Crippen molar-refractivity contribution in [3.63, 3.8) is 0 Å². The first kappa shape index (κ1) is 8.96. The van der Waals surface area contributed by atoms with Crippen LogP contribution in [0.3, 0.4) is 0 Å². The molecule has 0 atom stereocenters. The van der Waals surface area contributed by atoms with E-state index in [1.165, 1.54) is 10.7 Å². The number of nitrogens with zero attached hydrogens (tertiary/aromatic N) is 3. The fourth-order valence-electron chi connectivity index (χ4n) is 1.03. The second-order valence-electron chi connectivity index (χ2n) is 2.64. The Balaban J connectivity index is 2.52. The van der Waals surface area contributed by atoms with Crippen LogP contribution in [0.15, 0.2) is 24.5 Å². The van der Waals surface area contributed by atoms with Crippen LogP contribution in [-0.4, -0.2) is 14.8 Å². The van der Waals surface area contributed by atoms with Crippen molar-refractivity contribution in [2.75, 3.05) is 5.73 Å². The minimum Gasteiger partial charge on any atom is -0.382 e. The Bertz CT molecular complexity index is 468. The lowest BCUT2D eigenvalue weighted by molar-refractivity contribution is 0.619. The zero-order valence-corrected chi connectivity index (χ0v) is 7.74. The van der Waals surface area contributed by atoms with Gasteiger partial charge in [0.05, 0.1) is 11.2 Å². The van der Waals surface area contributed by atoms with Gasteiger partial charge < -0.3 is 5.73 Å². The number of anilines is 1. The predicted molar refractivity (Wildman–Crippen MR) is 50.7 cm³/mol. The van der Waals surface area contributed by atoms with Crippen LogP contribution in [0.2, 0.25) is 5.02 Å². The summed E-state index contributed by atoms with van der Waals surface area (Å²) in [7, 11) is 0. The quantitative estimate of drug-likeness (QED) is 0.782. The summed E-state index contributed by atoms with van der Waals surface area (Å²) in [6.45, 7) is 0. The van der Waals surface area contributed by atoms with Gasteiger partial charge in [-0.25, -0.2) is 14.1 Å². The summed E-state index contributed by atoms with van der Waals surface area (Å²) in [5.41, 5.74) is 5.42. The van der Waals surface area contributed by atoms with Gasteiger partial charge in [-0.1, -0.05) is 11.6 Å². The molecule has 0 aliphatic heterocycles. The zero-order chi connectivity index (χ0) is 10.1. The fourth-order valence-corrected chi connectivity index (χ4v) is 1.27. The van der Waals surface area contributed by atoms with Crippen molar-refractivity contribution < 1.29 is 4.39 Å². The number of halogens is 2. The van der Waals surface area contributed by atoms with Gasteiger partial charge in [0, 0.05) is 12.3 Å². The summed E-state index contributed by atoms with van der Waals surface area (Å²) in [6.07, 6.45) is 2.67. The van der Waals surface area contributed by atoms with E-state index in [1.54, 1.807) is 12.3 Å². The maximum Gasteiger partial charge on any atom is 0.172 e. The van der Waals surface area contributed by atoms with Gasteiger partial charge in [0.1, 0.15) is 11.6 Å². The van der Waals surface area contributed by atoms with E-state index in [-0.39, 0.29) is 5.02 Å². The molecule has 2 aromatic rings. The van der Waals surface area contributed by atoms with Crippen LogP contribution in [0.1, 0.15) is 0 Å². The first-order chi connectivity index (χ1) is 6.66. The number of nitrogens with two attached hydrogens (primary N) is 1. The molecule has 6 heteroatoms. The first-order valence-corrected chi connectivity index (χ1v) is 4.17. The average Bonchev–Trinajstić information content (AvgIpc) is 2.51. The molecule has 0 aliphatic carbocycles. The third-order valence-corrected chi connectivity index (χ3v) is 1.89. The molecule has 0 amide bonds. The number of pyridine rings is 1. The molecule has 2 heterocycles. The molecular weight excluding hydrogens is 207 g/mol. The molecule has 0 unspecified atom stereocenters. The van der Waals surface area contributed by atoms with Crippen molar-refractivity contribution in [3.8, 4) is 5.82 Å². The monoisotopic (exact) mass is 212 g/mol. The summed E-state index contributed by atoms with van der Waals surface area (Å²) >= 11 is 5.77. The van der Waals surface area contributed by atoms with Crippen molar-refractivity contribution in [1.82, 2.24) is 14.8 Å². The normalized spacial score (nSPS) is 10.4. The van der Waals surface area contributed by atoms with Gasteiger partial charge in [-0.15, -0.1) is 5.10 Å². The number of rotatable bonds is 1. The molecule has 0 aromatic carbocycles. The Hall–Kier alpha value is -1.62. The van der Waals surface area contributed by atoms with E-state index in [1.807, 2.05) is 0 Å². The van der Waals surface area contributed by atoms with Crippen LogP contribution in [0.25, 0.3) is 5.82 Å². The summed E-state index contributed by atoms with van der Waals surface area (Å²) in [5.74, 6) is 0.218. The van der Waals surface area contributed by atoms with Crippen molar-refractivity contribution in [2.24, 2.45) is 0 Å². The van der Waals surface area contributed by atoms with Crippen LogP contribution in [-0.2, 0) is 0 Å². The van der Waals surface area contributed by atoms with E-state index in [2.05, 4.69) is 10.1 Å². The number of hydrogen-bond acceptors (Lipinski definition) is 3. The second kappa shape index (κ2) is 3.26. The molecule has 0 saturated carbocycles. The Morgan fingerprint density at radius 2 is 2.29 bits per heavy atom. The van der Waals surface area contributed by atoms with Crippen molar-refractivity contribution in [1.29, 1.82) is 0 Å². The van der Waals surface area contributed by atoms with Gasteiger partial charge in [-0.05, 0) is 6.07 Å². The Labute approximate surface area is 84.1 Å². The van der Waals surface area contributed by atoms with E-state index in [4.69, 9.17) is 17.3 Å². The molecule has 0 saturated heterocycles. The van der Waals surface area contributed by atoms with Crippen molar-refractivity contribution in [2.45, 2.75) is 0 Å². The highest BCUT2D eigenvalue weighted by atomic mass is 35.5. The highest BCUT2D eigenvalue weighted by Gasteiger charge is 2.06. The molecular formula is C8H6ClFN4. The standard InChI is InChI=1S/C8H6ClFN4/c9-6-3-5(10)4-12-8(6)14-2-1-7(11)13-14/h1-4H,(H2,11,13). The molecule has 72 valence electrons. The lowest BCUT2D eigenvalue weighted by Crippen LogP contribution is -2.00. The van der Waals surface area contributed by atoms with Crippen molar-refractivity contribution in [3.05, 3.63) is 35.4 Å². The lowest BCUT2D eigenvalue weighted by Gasteiger charge is -2.01. The van der Waals surface area contributed by atoms with E-state index in [0.29, 0.717) is 11.6 Å². The van der Waals surface area contributed by atoms with E-state index < -0.39 is 5.82 Å². The van der Waals surface area contributed by atoms with Gasteiger partial charge in [0.15, 0.2) is 5.82 Å². The summed E-state index contributed by atoms with van der Waals surface area (Å²) < 4.78 is 14.1. The highest BCUT2D eigenvalue weighted by Crippen LogP contribution is 2.18. The van der Waals surface area contributed by atoms with Crippen LogP contribution in [0.4, 0.5) is 10.2 Å². The third-order valence-electron chi connectivity index (χ3n) is 1.62. The summed E-state index contributed by atoms with van der Waals surface area (Å²) in [4.78, 5) is 3.80. The minimum absolute atomic E-state index is 0.188. The van der Waals surface area contributed by atoms with Crippen molar-refractivity contribution >= 4 is 17.4 Å². The lowest BCUT2D eigenvalue weighted by atomic mass is 10.4.